The molecule has 3 rings (SSSR count). The van der Waals surface area contributed by atoms with E-state index < -0.39 is 94.7 Å². The third-order valence-corrected chi connectivity index (χ3v) is 6.18. The number of aliphatic carboxylic acids is 1. The molecule has 2 fully saturated rings. The second-order valence-electron chi connectivity index (χ2n) is 7.77. The number of phosphoric ester groups is 2. The number of carboxylic acids is 1. The van der Waals surface area contributed by atoms with Crippen LogP contribution >= 0.6 is 15.6 Å². The monoisotopic (exact) mass is 580 g/mol. The molecule has 0 spiro atoms. The molecule has 210 valence electrons. The van der Waals surface area contributed by atoms with Crippen molar-refractivity contribution >= 4 is 21.6 Å². The van der Waals surface area contributed by atoms with Gasteiger partial charge in [0.1, 0.15) is 36.6 Å². The predicted molar refractivity (Wildman–Crippen MR) is 109 cm³/mol. The third kappa shape index (κ3) is 7.16. The predicted octanol–water partition coefficient (Wildman–Crippen LogP) is -4.70. The van der Waals surface area contributed by atoms with Gasteiger partial charge in [-0.25, -0.2) is 18.7 Å². The van der Waals surface area contributed by atoms with Crippen LogP contribution in [0.15, 0.2) is 21.9 Å². The zero-order valence-corrected chi connectivity index (χ0v) is 19.8. The fourth-order valence-electron chi connectivity index (χ4n) is 3.64. The van der Waals surface area contributed by atoms with Gasteiger partial charge in [-0.3, -0.25) is 23.4 Å². The number of nitrogens with one attached hydrogen (secondary N) is 1. The average Bonchev–Trinajstić information content (AvgIpc) is 3.01. The summed E-state index contributed by atoms with van der Waals surface area (Å²) in [6.07, 6.45) is -17.3. The number of carbonyl (C=O) groups is 1. The number of ether oxygens (including phenoxy) is 3. The number of aliphatic hydroxyl groups is 3. The topological polar surface area (TPSA) is 314 Å². The van der Waals surface area contributed by atoms with Crippen LogP contribution < -0.4 is 11.2 Å². The summed E-state index contributed by atoms with van der Waals surface area (Å²) in [6.45, 7) is -0.870. The number of aliphatic hydroxyl groups excluding tert-OH is 3. The summed E-state index contributed by atoms with van der Waals surface area (Å²) in [5, 5.41) is 40.5. The van der Waals surface area contributed by atoms with Gasteiger partial charge < -0.3 is 54.2 Å². The largest absolute Gasteiger partial charge is 0.479 e. The van der Waals surface area contributed by atoms with Crippen molar-refractivity contribution in [1.82, 2.24) is 9.55 Å². The molecule has 2 saturated heterocycles. The number of phosphoric acid groups is 2. The highest BCUT2D eigenvalue weighted by molar-refractivity contribution is 7.46. The van der Waals surface area contributed by atoms with E-state index in [0.29, 0.717) is 0 Å². The lowest BCUT2D eigenvalue weighted by Gasteiger charge is -2.42. The first-order valence-electron chi connectivity index (χ1n) is 9.97. The first kappa shape index (κ1) is 29.7. The highest BCUT2D eigenvalue weighted by atomic mass is 31.2. The minimum absolute atomic E-state index is 0.725. The molecule has 2 aliphatic heterocycles. The van der Waals surface area contributed by atoms with Crippen LogP contribution in [-0.4, -0.2) is 111 Å². The van der Waals surface area contributed by atoms with Crippen LogP contribution in [0.1, 0.15) is 6.23 Å². The summed E-state index contributed by atoms with van der Waals surface area (Å²) in [7, 11) is -10.9. The summed E-state index contributed by atoms with van der Waals surface area (Å²) < 4.78 is 47.3. The molecular weight excluding hydrogens is 558 g/mol. The number of aromatic amines is 1. The van der Waals surface area contributed by atoms with E-state index in [9.17, 15) is 53.7 Å². The van der Waals surface area contributed by atoms with Crippen molar-refractivity contribution in [3.05, 3.63) is 33.1 Å². The summed E-state index contributed by atoms with van der Waals surface area (Å²) in [6, 6.07) is 0.920. The van der Waals surface area contributed by atoms with Crippen LogP contribution in [0, 0.1) is 0 Å². The lowest BCUT2D eigenvalue weighted by atomic mass is 9.98. The van der Waals surface area contributed by atoms with Crippen molar-refractivity contribution in [2.24, 2.45) is 0 Å². The van der Waals surface area contributed by atoms with Gasteiger partial charge in [-0.15, -0.1) is 0 Å². The van der Waals surface area contributed by atoms with Crippen LogP contribution in [0.2, 0.25) is 0 Å². The van der Waals surface area contributed by atoms with Gasteiger partial charge in [0.25, 0.3) is 5.56 Å². The van der Waals surface area contributed by atoms with Crippen molar-refractivity contribution < 1.29 is 77.2 Å². The molecule has 0 radical (unpaired) electrons. The highest BCUT2D eigenvalue weighted by Gasteiger charge is 2.54. The molecule has 2 aliphatic rings. The molecule has 37 heavy (non-hydrogen) atoms. The van der Waals surface area contributed by atoms with Gasteiger partial charge in [-0.1, -0.05) is 0 Å². The van der Waals surface area contributed by atoms with Crippen LogP contribution in [0.25, 0.3) is 0 Å². The molecule has 0 amide bonds. The molecule has 9 N–H and O–H groups in total. The Morgan fingerprint density at radius 3 is 2.14 bits per heavy atom. The maximum absolute atomic E-state index is 12.0. The van der Waals surface area contributed by atoms with Gasteiger partial charge >= 0.3 is 27.3 Å². The lowest BCUT2D eigenvalue weighted by Crippen LogP contribution is -2.62. The number of aromatic nitrogens is 2. The molecule has 0 aromatic carbocycles. The minimum atomic E-state index is -5.48. The zero-order chi connectivity index (χ0) is 27.9. The van der Waals surface area contributed by atoms with Gasteiger partial charge in [0, 0.05) is 12.3 Å². The Bertz CT molecular complexity index is 1190. The molecule has 0 saturated carbocycles. The van der Waals surface area contributed by atoms with Gasteiger partial charge in [-0.05, 0) is 0 Å². The molecule has 20 nitrogen and oxygen atoms in total. The number of nitrogens with zero attached hydrogens (tertiary/aromatic N) is 1. The van der Waals surface area contributed by atoms with Crippen molar-refractivity contribution in [3.8, 4) is 0 Å². The molecule has 22 heteroatoms. The van der Waals surface area contributed by atoms with E-state index in [-0.39, 0.29) is 0 Å². The summed E-state index contributed by atoms with van der Waals surface area (Å²) in [5.41, 5.74) is -1.78. The standard InChI is InChI=1S/C15H22N2O18P2/c18-5-1-2-17(15(24)16-5)12-7(20)6(19)4(32-12)3-31-9-8(21)14(35-37(28,29)30)33-11(13(22)23)10(9)34-36(25,26)27/h1-2,4,6-12,14,19-21H,3H2,(H,22,23)(H,16,18,24)(H2,25,26,27)(H2,28,29,30)/t4-,6?,7?,8+,9-,10+,11-,12-,14-/m0/s1. The summed E-state index contributed by atoms with van der Waals surface area (Å²) in [5.74, 6) is -1.96. The number of carboxylic acid groups (broad SMARTS) is 1. The van der Waals surface area contributed by atoms with E-state index in [0.717, 1.165) is 16.8 Å². The second-order valence-corrected chi connectivity index (χ2v) is 10.2. The van der Waals surface area contributed by atoms with Crippen molar-refractivity contribution in [2.75, 3.05) is 6.61 Å². The lowest BCUT2D eigenvalue weighted by molar-refractivity contribution is -0.282. The quantitative estimate of drug-likeness (QED) is 0.124. The van der Waals surface area contributed by atoms with E-state index >= 15 is 0 Å². The van der Waals surface area contributed by atoms with Crippen LogP contribution in [0.4, 0.5) is 0 Å². The third-order valence-electron chi connectivity index (χ3n) is 5.18. The van der Waals surface area contributed by atoms with Crippen molar-refractivity contribution in [1.29, 1.82) is 0 Å². The Balaban J connectivity index is 1.85. The second kappa shape index (κ2) is 11.1. The first-order chi connectivity index (χ1) is 17.0. The van der Waals surface area contributed by atoms with E-state index in [2.05, 4.69) is 9.05 Å². The van der Waals surface area contributed by atoms with Crippen LogP contribution in [-0.2, 0) is 37.2 Å². The Morgan fingerprint density at radius 1 is 0.973 bits per heavy atom. The summed E-state index contributed by atoms with van der Waals surface area (Å²) >= 11 is 0. The zero-order valence-electron chi connectivity index (χ0n) is 18.1. The Labute approximate surface area is 204 Å². The number of H-pyrrole nitrogens is 1. The van der Waals surface area contributed by atoms with Crippen molar-refractivity contribution in [3.63, 3.8) is 0 Å². The van der Waals surface area contributed by atoms with Gasteiger partial charge in [0.2, 0.25) is 0 Å². The van der Waals surface area contributed by atoms with Gasteiger partial charge in [0.05, 0.1) is 6.61 Å². The smallest absolute Gasteiger partial charge is 0.472 e. The van der Waals surface area contributed by atoms with E-state index in [1.807, 2.05) is 4.98 Å². The molecule has 1 aromatic rings. The number of rotatable bonds is 9. The SMILES string of the molecule is O=C(O)[C@H]1O[C@@H](OP(=O)(O)O)[C@H](O)[C@H](OC[C@@H]2O[C@H](n3ccc(=O)[nH]c3=O)C(O)C2O)[C@H]1OP(=O)(O)O. The fourth-order valence-corrected chi connectivity index (χ4v) is 4.64. The number of hydrogen-bond donors (Lipinski definition) is 9. The van der Waals surface area contributed by atoms with E-state index in [4.69, 9.17) is 24.0 Å². The average molecular weight is 580 g/mol. The molecule has 2 unspecified atom stereocenters. The molecule has 9 atom stereocenters. The van der Waals surface area contributed by atoms with Crippen LogP contribution in [0.5, 0.6) is 0 Å². The van der Waals surface area contributed by atoms with Gasteiger partial charge in [-0.2, -0.15) is 0 Å². The van der Waals surface area contributed by atoms with E-state index in [1.165, 1.54) is 0 Å². The maximum Gasteiger partial charge on any atom is 0.472 e. The summed E-state index contributed by atoms with van der Waals surface area (Å²) in [4.78, 5) is 73.2. The normalized spacial score (nSPS) is 34.9. The molecular formula is C15H22N2O18P2. The van der Waals surface area contributed by atoms with Gasteiger partial charge in [0.15, 0.2) is 18.6 Å². The Kier molecular flexibility index (Phi) is 8.89. The fraction of sp³-hybridized carbons (Fsp3) is 0.667. The molecule has 0 bridgehead atoms. The number of hydrogen-bond acceptors (Lipinski definition) is 13. The van der Waals surface area contributed by atoms with Crippen LogP contribution in [0.3, 0.4) is 0 Å². The highest BCUT2D eigenvalue weighted by Crippen LogP contribution is 2.45. The molecule has 1 aromatic heterocycles. The maximum atomic E-state index is 12.0. The molecule has 3 heterocycles. The van der Waals surface area contributed by atoms with E-state index in [1.54, 1.807) is 0 Å². The first-order valence-corrected chi connectivity index (χ1v) is 13.0. The Morgan fingerprint density at radius 2 is 1.59 bits per heavy atom. The minimum Gasteiger partial charge on any atom is -0.479 e. The molecule has 0 aliphatic carbocycles. The Hall–Kier alpha value is -1.87. The van der Waals surface area contributed by atoms with Crippen molar-refractivity contribution in [2.45, 2.75) is 55.2 Å².